The molecule has 1 N–H and O–H groups in total. The van der Waals surface area contributed by atoms with Gasteiger partial charge in [-0.25, -0.2) is 0 Å². The Labute approximate surface area is 113 Å². The van der Waals surface area contributed by atoms with Gasteiger partial charge in [0.25, 0.3) is 0 Å². The Kier molecular flexibility index (Phi) is 4.10. The number of hydrogen-bond acceptors (Lipinski definition) is 3. The Morgan fingerprint density at radius 1 is 1.29 bits per heavy atom. The zero-order valence-corrected chi connectivity index (χ0v) is 11.5. The van der Waals surface area contributed by atoms with Gasteiger partial charge in [0.2, 0.25) is 0 Å². The van der Waals surface area contributed by atoms with Crippen LogP contribution in [0.1, 0.15) is 17.3 Å². The Morgan fingerprint density at radius 3 is 2.71 bits per heavy atom. The molecule has 2 rings (SSSR count). The summed E-state index contributed by atoms with van der Waals surface area (Å²) in [4.78, 5) is 8.38. The van der Waals surface area contributed by atoms with Gasteiger partial charge in [-0.1, -0.05) is 27.5 Å². The highest BCUT2D eigenvalue weighted by Crippen LogP contribution is 2.26. The molecule has 88 valence electrons. The van der Waals surface area contributed by atoms with Gasteiger partial charge < -0.3 is 5.32 Å². The van der Waals surface area contributed by atoms with E-state index in [1.165, 1.54) is 0 Å². The molecule has 0 aliphatic rings. The molecule has 2 aromatic rings. The second-order valence-corrected chi connectivity index (χ2v) is 4.91. The van der Waals surface area contributed by atoms with E-state index in [1.807, 2.05) is 25.2 Å². The van der Waals surface area contributed by atoms with Gasteiger partial charge in [-0.3, -0.25) is 9.97 Å². The van der Waals surface area contributed by atoms with Crippen molar-refractivity contribution in [3.8, 4) is 0 Å². The van der Waals surface area contributed by atoms with Crippen molar-refractivity contribution in [3.05, 3.63) is 57.5 Å². The lowest BCUT2D eigenvalue weighted by Crippen LogP contribution is -2.19. The molecule has 0 aliphatic heterocycles. The number of rotatable bonds is 3. The molecule has 1 atom stereocenters. The maximum absolute atomic E-state index is 6.04. The molecule has 1 heterocycles. The fraction of sp³-hybridized carbons (Fsp3) is 0.167. The number of benzene rings is 1. The van der Waals surface area contributed by atoms with Gasteiger partial charge in [-0.05, 0) is 30.8 Å². The molecule has 0 saturated heterocycles. The van der Waals surface area contributed by atoms with Gasteiger partial charge in [0.1, 0.15) is 0 Å². The van der Waals surface area contributed by atoms with E-state index in [4.69, 9.17) is 11.6 Å². The van der Waals surface area contributed by atoms with Crippen LogP contribution in [0.4, 0.5) is 0 Å². The van der Waals surface area contributed by atoms with Gasteiger partial charge in [0.15, 0.2) is 0 Å². The monoisotopic (exact) mass is 311 g/mol. The van der Waals surface area contributed by atoms with Crippen molar-refractivity contribution in [2.45, 2.75) is 6.04 Å². The molecule has 0 bridgehead atoms. The fourth-order valence-electron chi connectivity index (χ4n) is 1.69. The highest BCUT2D eigenvalue weighted by Gasteiger charge is 2.14. The summed E-state index contributed by atoms with van der Waals surface area (Å²) >= 11 is 9.48. The molecule has 1 aromatic carbocycles. The van der Waals surface area contributed by atoms with Crippen molar-refractivity contribution in [3.63, 3.8) is 0 Å². The highest BCUT2D eigenvalue weighted by atomic mass is 79.9. The molecule has 1 unspecified atom stereocenters. The first-order valence-corrected chi connectivity index (χ1v) is 6.27. The lowest BCUT2D eigenvalue weighted by molar-refractivity contribution is 0.666. The Bertz CT molecular complexity index is 484. The molecule has 0 amide bonds. The van der Waals surface area contributed by atoms with E-state index >= 15 is 0 Å². The molecule has 5 heteroatoms. The first-order chi connectivity index (χ1) is 8.20. The summed E-state index contributed by atoms with van der Waals surface area (Å²) in [7, 11) is 1.88. The maximum Gasteiger partial charge on any atom is 0.0801 e. The van der Waals surface area contributed by atoms with Crippen molar-refractivity contribution in [2.24, 2.45) is 0 Å². The predicted molar refractivity (Wildman–Crippen MR) is 72.1 cm³/mol. The molecule has 0 aliphatic carbocycles. The van der Waals surface area contributed by atoms with E-state index in [9.17, 15) is 0 Å². The normalized spacial score (nSPS) is 12.4. The first kappa shape index (κ1) is 12.5. The standard InChI is InChI=1S/C12H11BrClN3/c1-15-12(11-7-16-2-3-17-11)8-4-9(13)6-10(14)5-8/h2-7,12,15H,1H3. The molecule has 0 spiro atoms. The second kappa shape index (κ2) is 5.58. The lowest BCUT2D eigenvalue weighted by Gasteiger charge is -2.16. The average molecular weight is 313 g/mol. The van der Waals surface area contributed by atoms with Crippen LogP contribution in [0.25, 0.3) is 0 Å². The van der Waals surface area contributed by atoms with E-state index < -0.39 is 0 Å². The second-order valence-electron chi connectivity index (χ2n) is 3.55. The topological polar surface area (TPSA) is 37.8 Å². The van der Waals surface area contributed by atoms with Crippen LogP contribution in [0.2, 0.25) is 5.02 Å². The van der Waals surface area contributed by atoms with Crippen molar-refractivity contribution in [1.82, 2.24) is 15.3 Å². The zero-order valence-electron chi connectivity index (χ0n) is 9.19. The lowest BCUT2D eigenvalue weighted by atomic mass is 10.0. The summed E-state index contributed by atoms with van der Waals surface area (Å²) in [6.07, 6.45) is 5.08. The SMILES string of the molecule is CNC(c1cc(Cl)cc(Br)c1)c1cnccn1. The number of halogens is 2. The van der Waals surface area contributed by atoms with Crippen molar-refractivity contribution >= 4 is 27.5 Å². The van der Waals surface area contributed by atoms with Crippen LogP contribution >= 0.6 is 27.5 Å². The van der Waals surface area contributed by atoms with E-state index in [2.05, 4.69) is 31.2 Å². The number of aromatic nitrogens is 2. The smallest absolute Gasteiger partial charge is 0.0801 e. The first-order valence-electron chi connectivity index (χ1n) is 5.10. The molecule has 0 fully saturated rings. The Hall–Kier alpha value is -0.970. The summed E-state index contributed by atoms with van der Waals surface area (Å²) in [6, 6.07) is 5.77. The third kappa shape index (κ3) is 3.03. The van der Waals surface area contributed by atoms with Gasteiger partial charge >= 0.3 is 0 Å². The van der Waals surface area contributed by atoms with Crippen LogP contribution < -0.4 is 5.32 Å². The third-order valence-corrected chi connectivity index (χ3v) is 3.06. The minimum absolute atomic E-state index is 0.0151. The molecule has 0 radical (unpaired) electrons. The van der Waals surface area contributed by atoms with Crippen LogP contribution in [-0.2, 0) is 0 Å². The Morgan fingerprint density at radius 2 is 2.12 bits per heavy atom. The largest absolute Gasteiger partial charge is 0.308 e. The minimum atomic E-state index is -0.0151. The van der Waals surface area contributed by atoms with Crippen LogP contribution in [0, 0.1) is 0 Å². The molecule has 3 nitrogen and oxygen atoms in total. The van der Waals surface area contributed by atoms with Gasteiger partial charge in [0.05, 0.1) is 17.9 Å². The van der Waals surface area contributed by atoms with Crippen LogP contribution in [0.3, 0.4) is 0 Å². The molecule has 0 saturated carbocycles. The maximum atomic E-state index is 6.04. The van der Waals surface area contributed by atoms with E-state index in [-0.39, 0.29) is 6.04 Å². The van der Waals surface area contributed by atoms with E-state index in [0.29, 0.717) is 5.02 Å². The van der Waals surface area contributed by atoms with E-state index in [0.717, 1.165) is 15.7 Å². The molecular formula is C12H11BrClN3. The summed E-state index contributed by atoms with van der Waals surface area (Å²) < 4.78 is 0.948. The predicted octanol–water partition coefficient (Wildman–Crippen LogP) is 3.20. The minimum Gasteiger partial charge on any atom is -0.308 e. The third-order valence-electron chi connectivity index (χ3n) is 2.39. The number of hydrogen-bond donors (Lipinski definition) is 1. The van der Waals surface area contributed by atoms with E-state index in [1.54, 1.807) is 18.6 Å². The fourth-order valence-corrected chi connectivity index (χ4v) is 2.57. The van der Waals surface area contributed by atoms with Crippen molar-refractivity contribution in [2.75, 3.05) is 7.05 Å². The summed E-state index contributed by atoms with van der Waals surface area (Å²) in [5.74, 6) is 0. The zero-order chi connectivity index (χ0) is 12.3. The molecule has 17 heavy (non-hydrogen) atoms. The van der Waals surface area contributed by atoms with Crippen LogP contribution in [0.5, 0.6) is 0 Å². The highest BCUT2D eigenvalue weighted by molar-refractivity contribution is 9.10. The van der Waals surface area contributed by atoms with Gasteiger partial charge in [-0.2, -0.15) is 0 Å². The van der Waals surface area contributed by atoms with Gasteiger partial charge in [-0.15, -0.1) is 0 Å². The van der Waals surface area contributed by atoms with Crippen molar-refractivity contribution in [1.29, 1.82) is 0 Å². The molecule has 1 aromatic heterocycles. The quantitative estimate of drug-likeness (QED) is 0.946. The van der Waals surface area contributed by atoms with Crippen LogP contribution in [0.15, 0.2) is 41.3 Å². The van der Waals surface area contributed by atoms with Crippen molar-refractivity contribution < 1.29 is 0 Å². The summed E-state index contributed by atoms with van der Waals surface area (Å²) in [5, 5.41) is 3.90. The summed E-state index contributed by atoms with van der Waals surface area (Å²) in [6.45, 7) is 0. The Balaban J connectivity index is 2.42. The summed E-state index contributed by atoms with van der Waals surface area (Å²) in [5.41, 5.74) is 1.91. The van der Waals surface area contributed by atoms with Gasteiger partial charge in [0, 0.05) is 21.9 Å². The average Bonchev–Trinajstić information content (AvgIpc) is 2.30. The number of nitrogens with zero attached hydrogens (tertiary/aromatic N) is 2. The van der Waals surface area contributed by atoms with Crippen LogP contribution in [-0.4, -0.2) is 17.0 Å². The number of nitrogens with one attached hydrogen (secondary N) is 1. The molecular weight excluding hydrogens is 302 g/mol.